The second-order valence-electron chi connectivity index (χ2n) is 5.53. The van der Waals surface area contributed by atoms with E-state index in [1.54, 1.807) is 42.5 Å². The van der Waals surface area contributed by atoms with Crippen molar-refractivity contribution in [1.82, 2.24) is 0 Å². The first-order valence-electron chi connectivity index (χ1n) is 8.51. The van der Waals surface area contributed by atoms with Gasteiger partial charge in [-0.25, -0.2) is 4.79 Å². The van der Waals surface area contributed by atoms with Crippen molar-refractivity contribution in [3.8, 4) is 17.6 Å². The lowest BCUT2D eigenvalue weighted by molar-refractivity contribution is -0.142. The molecule has 0 aliphatic carbocycles. The fourth-order valence-electron chi connectivity index (χ4n) is 2.28. The van der Waals surface area contributed by atoms with Crippen LogP contribution in [0, 0.1) is 11.3 Å². The van der Waals surface area contributed by atoms with Gasteiger partial charge in [-0.1, -0.05) is 12.1 Å². The van der Waals surface area contributed by atoms with Gasteiger partial charge in [-0.2, -0.15) is 5.26 Å². The third-order valence-electron chi connectivity index (χ3n) is 3.52. The minimum absolute atomic E-state index is 0.420. The molecule has 0 aliphatic rings. The van der Waals surface area contributed by atoms with Gasteiger partial charge in [0.05, 0.1) is 25.3 Å². The standard InChI is InChI=1S/C21H20N2O5/c1-3-27-18-9-7-15(12-19(18)26-2)8-10-21(25)28-14-20(24)23-17-6-4-5-16(11-17)13-22/h4-12H,3,14H2,1-2H3,(H,23,24)/b10-8+. The normalized spacial score (nSPS) is 10.2. The van der Waals surface area contributed by atoms with Crippen molar-refractivity contribution >= 4 is 23.6 Å². The molecule has 2 rings (SSSR count). The number of amides is 1. The van der Waals surface area contributed by atoms with Crippen LogP contribution in [0.5, 0.6) is 11.5 Å². The quantitative estimate of drug-likeness (QED) is 0.558. The van der Waals surface area contributed by atoms with E-state index >= 15 is 0 Å². The molecule has 7 nitrogen and oxygen atoms in total. The summed E-state index contributed by atoms with van der Waals surface area (Å²) >= 11 is 0. The Morgan fingerprint density at radius 2 is 2.00 bits per heavy atom. The zero-order valence-corrected chi connectivity index (χ0v) is 15.6. The van der Waals surface area contributed by atoms with Gasteiger partial charge < -0.3 is 19.5 Å². The first-order valence-corrected chi connectivity index (χ1v) is 8.51. The maximum atomic E-state index is 11.8. The number of carbonyl (C=O) groups excluding carboxylic acids is 2. The second kappa shape index (κ2) is 10.4. The fourth-order valence-corrected chi connectivity index (χ4v) is 2.28. The highest BCUT2D eigenvalue weighted by atomic mass is 16.5. The van der Waals surface area contributed by atoms with Crippen LogP contribution in [0.3, 0.4) is 0 Å². The molecule has 144 valence electrons. The molecule has 28 heavy (non-hydrogen) atoms. The Labute approximate surface area is 163 Å². The molecule has 0 unspecified atom stereocenters. The maximum absolute atomic E-state index is 11.8. The third-order valence-corrected chi connectivity index (χ3v) is 3.52. The fraction of sp³-hybridized carbons (Fsp3) is 0.190. The van der Waals surface area contributed by atoms with Crippen molar-refractivity contribution < 1.29 is 23.8 Å². The number of nitrogens with zero attached hydrogens (tertiary/aromatic N) is 1. The highest BCUT2D eigenvalue weighted by Crippen LogP contribution is 2.28. The number of esters is 1. The zero-order chi connectivity index (χ0) is 20.4. The molecular weight excluding hydrogens is 360 g/mol. The number of carbonyl (C=O) groups is 2. The molecule has 0 atom stereocenters. The van der Waals surface area contributed by atoms with Gasteiger partial charge in [0.1, 0.15) is 0 Å². The van der Waals surface area contributed by atoms with Crippen molar-refractivity contribution in [3.05, 3.63) is 59.7 Å². The lowest BCUT2D eigenvalue weighted by Crippen LogP contribution is -2.20. The molecule has 1 amide bonds. The predicted octanol–water partition coefficient (Wildman–Crippen LogP) is 3.16. The Kier molecular flexibility index (Phi) is 7.61. The van der Waals surface area contributed by atoms with Crippen molar-refractivity contribution in [3.63, 3.8) is 0 Å². The van der Waals surface area contributed by atoms with Crippen LogP contribution in [0.1, 0.15) is 18.1 Å². The highest BCUT2D eigenvalue weighted by molar-refractivity contribution is 5.94. The summed E-state index contributed by atoms with van der Waals surface area (Å²) in [7, 11) is 1.53. The molecule has 2 aromatic carbocycles. The number of rotatable bonds is 8. The molecular formula is C21H20N2O5. The smallest absolute Gasteiger partial charge is 0.331 e. The molecule has 0 aliphatic heterocycles. The summed E-state index contributed by atoms with van der Waals surface area (Å²) in [6.45, 7) is 1.95. The summed E-state index contributed by atoms with van der Waals surface area (Å²) in [5.74, 6) is 0.00608. The molecule has 0 saturated heterocycles. The van der Waals surface area contributed by atoms with Gasteiger partial charge in [0.15, 0.2) is 18.1 Å². The number of methoxy groups -OCH3 is 1. The molecule has 0 saturated carbocycles. The van der Waals surface area contributed by atoms with Crippen molar-refractivity contribution in [2.24, 2.45) is 0 Å². The number of hydrogen-bond donors (Lipinski definition) is 1. The van der Waals surface area contributed by atoms with Crippen molar-refractivity contribution in [1.29, 1.82) is 5.26 Å². The van der Waals surface area contributed by atoms with Crippen molar-refractivity contribution in [2.75, 3.05) is 25.6 Å². The number of nitriles is 1. The van der Waals surface area contributed by atoms with Crippen LogP contribution in [0.25, 0.3) is 6.08 Å². The lowest BCUT2D eigenvalue weighted by atomic mass is 10.2. The molecule has 0 heterocycles. The third kappa shape index (κ3) is 6.18. The number of nitrogens with one attached hydrogen (secondary N) is 1. The van der Waals surface area contributed by atoms with Gasteiger partial charge in [0.25, 0.3) is 5.91 Å². The SMILES string of the molecule is CCOc1ccc(/C=C/C(=O)OCC(=O)Nc2cccc(C#N)c2)cc1OC. The Morgan fingerprint density at radius 1 is 1.18 bits per heavy atom. The molecule has 0 aromatic heterocycles. The van der Waals surface area contributed by atoms with Crippen LogP contribution in [0.2, 0.25) is 0 Å². The van der Waals surface area contributed by atoms with Crippen LogP contribution >= 0.6 is 0 Å². The van der Waals surface area contributed by atoms with Gasteiger partial charge in [-0.05, 0) is 48.9 Å². The summed E-state index contributed by atoms with van der Waals surface area (Å²) in [6, 6.07) is 13.7. The minimum Gasteiger partial charge on any atom is -0.493 e. The largest absolute Gasteiger partial charge is 0.493 e. The van der Waals surface area contributed by atoms with Gasteiger partial charge in [-0.15, -0.1) is 0 Å². The van der Waals surface area contributed by atoms with E-state index in [1.807, 2.05) is 13.0 Å². The Balaban J connectivity index is 1.87. The molecule has 2 aromatic rings. The van der Waals surface area contributed by atoms with E-state index in [2.05, 4.69) is 5.32 Å². The Morgan fingerprint density at radius 3 is 2.71 bits per heavy atom. The average Bonchev–Trinajstić information content (AvgIpc) is 2.71. The predicted molar refractivity (Wildman–Crippen MR) is 104 cm³/mol. The Bertz CT molecular complexity index is 915. The molecule has 0 bridgehead atoms. The lowest BCUT2D eigenvalue weighted by Gasteiger charge is -2.09. The maximum Gasteiger partial charge on any atom is 0.331 e. The van der Waals surface area contributed by atoms with E-state index in [0.717, 1.165) is 5.56 Å². The number of anilines is 1. The molecule has 0 spiro atoms. The van der Waals surface area contributed by atoms with Gasteiger partial charge >= 0.3 is 5.97 Å². The number of benzene rings is 2. The van der Waals surface area contributed by atoms with Crippen LogP contribution in [-0.2, 0) is 14.3 Å². The van der Waals surface area contributed by atoms with E-state index in [9.17, 15) is 9.59 Å². The van der Waals surface area contributed by atoms with Crippen LogP contribution in [-0.4, -0.2) is 32.2 Å². The number of hydrogen-bond acceptors (Lipinski definition) is 6. The summed E-state index contributed by atoms with van der Waals surface area (Å²) in [5, 5.41) is 11.4. The van der Waals surface area contributed by atoms with E-state index in [4.69, 9.17) is 19.5 Å². The summed E-state index contributed by atoms with van der Waals surface area (Å²) in [6.07, 6.45) is 2.77. The topological polar surface area (TPSA) is 97.6 Å². The van der Waals surface area contributed by atoms with E-state index < -0.39 is 18.5 Å². The second-order valence-corrected chi connectivity index (χ2v) is 5.53. The average molecular weight is 380 g/mol. The van der Waals surface area contributed by atoms with Crippen LogP contribution in [0.15, 0.2) is 48.5 Å². The summed E-state index contributed by atoms with van der Waals surface area (Å²) < 4.78 is 15.6. The minimum atomic E-state index is -0.659. The zero-order valence-electron chi connectivity index (χ0n) is 15.6. The van der Waals surface area contributed by atoms with E-state index in [1.165, 1.54) is 19.3 Å². The summed E-state index contributed by atoms with van der Waals surface area (Å²) in [5.41, 5.74) is 1.59. The molecule has 0 radical (unpaired) electrons. The first-order chi connectivity index (χ1) is 13.5. The Hall–Kier alpha value is -3.79. The van der Waals surface area contributed by atoms with Gasteiger partial charge in [0, 0.05) is 11.8 Å². The van der Waals surface area contributed by atoms with Gasteiger partial charge in [-0.3, -0.25) is 4.79 Å². The van der Waals surface area contributed by atoms with Gasteiger partial charge in [0.2, 0.25) is 0 Å². The van der Waals surface area contributed by atoms with Crippen LogP contribution < -0.4 is 14.8 Å². The molecule has 0 fully saturated rings. The molecule has 7 heteroatoms. The molecule has 1 N–H and O–H groups in total. The van der Waals surface area contributed by atoms with Crippen LogP contribution in [0.4, 0.5) is 5.69 Å². The highest BCUT2D eigenvalue weighted by Gasteiger charge is 2.07. The van der Waals surface area contributed by atoms with Crippen molar-refractivity contribution in [2.45, 2.75) is 6.92 Å². The number of ether oxygens (including phenoxy) is 3. The van der Waals surface area contributed by atoms with E-state index in [-0.39, 0.29) is 0 Å². The summed E-state index contributed by atoms with van der Waals surface area (Å²) in [4.78, 5) is 23.7. The monoisotopic (exact) mass is 380 g/mol. The van der Waals surface area contributed by atoms with E-state index in [0.29, 0.717) is 29.4 Å². The first kappa shape index (κ1) is 20.5.